The third-order valence-electron chi connectivity index (χ3n) is 14.7. The molecule has 6 aromatic carbocycles. The van der Waals surface area contributed by atoms with E-state index in [4.69, 9.17) is 52.0 Å². The monoisotopic (exact) mass is 1150 g/mol. The van der Waals surface area contributed by atoms with E-state index in [0.717, 1.165) is 61.4 Å². The quantitative estimate of drug-likeness (QED) is 0.0729. The maximum absolute atomic E-state index is 13.6. The van der Waals surface area contributed by atoms with E-state index in [9.17, 15) is 19.2 Å². The van der Waals surface area contributed by atoms with Crippen LogP contribution >= 0.6 is 0 Å². The minimum Gasteiger partial charge on any atom is -0.497 e. The number of pyridine rings is 2. The van der Waals surface area contributed by atoms with Gasteiger partial charge in [-0.2, -0.15) is 0 Å². The third kappa shape index (κ3) is 13.1. The second kappa shape index (κ2) is 27.7. The Morgan fingerprint density at radius 1 is 0.565 bits per heavy atom. The molecule has 0 spiro atoms. The number of carbonyl (C=O) groups is 1. The van der Waals surface area contributed by atoms with Crippen molar-refractivity contribution in [3.8, 4) is 45.3 Å². The molecule has 10 aromatic rings. The highest BCUT2D eigenvalue weighted by Gasteiger charge is 2.25. The highest BCUT2D eigenvalue weighted by molar-refractivity contribution is 6.11. The van der Waals surface area contributed by atoms with Crippen LogP contribution in [-0.2, 0) is 63.9 Å². The Balaban J connectivity index is 0.000000196. The van der Waals surface area contributed by atoms with E-state index in [1.165, 1.54) is 28.6 Å². The second-order valence-electron chi connectivity index (χ2n) is 20.0. The number of hydrogen-bond donors (Lipinski definition) is 4. The van der Waals surface area contributed by atoms with E-state index in [1.54, 1.807) is 54.7 Å². The van der Waals surface area contributed by atoms with Gasteiger partial charge in [0.1, 0.15) is 49.3 Å². The number of anilines is 2. The number of nitrogens with one attached hydrogen (secondary N) is 3. The molecule has 1 atom stereocenters. The number of aryl methyl sites for hydroxylation is 2. The summed E-state index contributed by atoms with van der Waals surface area (Å²) in [5.41, 5.74) is 11.2. The lowest BCUT2D eigenvalue weighted by molar-refractivity contribution is -0.0980. The van der Waals surface area contributed by atoms with Gasteiger partial charge in [0.15, 0.2) is 11.3 Å². The summed E-state index contributed by atoms with van der Waals surface area (Å²) in [6.07, 6.45) is 2.18. The molecule has 0 bridgehead atoms. The fraction of sp³-hybridized carbons (Fsp3) is 0.266. The first kappa shape index (κ1) is 61.5. The number of rotatable bonds is 15. The zero-order valence-corrected chi connectivity index (χ0v) is 49.2. The Hall–Kier alpha value is -9.57. The summed E-state index contributed by atoms with van der Waals surface area (Å²) in [5.74, 6) is 3.34. The number of methoxy groups -OCH3 is 4. The Labute approximate surface area is 492 Å². The molecule has 20 nitrogen and oxygen atoms in total. The molecule has 4 aromatic heterocycles. The van der Waals surface area contributed by atoms with Gasteiger partial charge in [0.05, 0.1) is 39.2 Å². The van der Waals surface area contributed by atoms with Crippen LogP contribution in [0.4, 0.5) is 11.6 Å². The summed E-state index contributed by atoms with van der Waals surface area (Å²) >= 11 is 0. The summed E-state index contributed by atoms with van der Waals surface area (Å²) in [4.78, 5) is 70.4. The minimum atomic E-state index is -0.467. The van der Waals surface area contributed by atoms with Gasteiger partial charge < -0.3 is 50.2 Å². The fourth-order valence-electron chi connectivity index (χ4n) is 10.3. The highest BCUT2D eigenvalue weighted by atomic mass is 16.5. The molecule has 438 valence electrons. The predicted molar refractivity (Wildman–Crippen MR) is 337 cm³/mol. The van der Waals surface area contributed by atoms with Crippen molar-refractivity contribution in [2.45, 2.75) is 45.0 Å². The number of hydrogen-bond acceptors (Lipinski definition) is 16. The van der Waals surface area contributed by atoms with Crippen LogP contribution in [0, 0.1) is 0 Å². The Morgan fingerprint density at radius 3 is 1.32 bits per heavy atom. The van der Waals surface area contributed by atoms with Gasteiger partial charge >= 0.3 is 11.4 Å². The second-order valence-corrected chi connectivity index (χ2v) is 20.0. The van der Waals surface area contributed by atoms with E-state index < -0.39 is 22.5 Å². The van der Waals surface area contributed by atoms with Crippen LogP contribution in [0.25, 0.3) is 65.9 Å². The highest BCUT2D eigenvalue weighted by Crippen LogP contribution is 2.39. The Bertz CT molecular complexity index is 4280. The lowest BCUT2D eigenvalue weighted by Gasteiger charge is -2.20. The normalized spacial score (nSPS) is 12.6. The number of nitrogens with zero attached hydrogens (tertiary/aromatic N) is 6. The fourth-order valence-corrected chi connectivity index (χ4v) is 10.3. The molecule has 2 radical (unpaired) electrons. The number of nitrogens with two attached hydrogens (primary N) is 1. The van der Waals surface area contributed by atoms with E-state index in [-0.39, 0.29) is 18.2 Å². The van der Waals surface area contributed by atoms with Crippen molar-refractivity contribution >= 4 is 69.9 Å². The molecular weight excluding hydrogens is 1080 g/mol. The van der Waals surface area contributed by atoms with Gasteiger partial charge in [-0.25, -0.2) is 19.6 Å². The summed E-state index contributed by atoms with van der Waals surface area (Å²) in [5, 5.41) is 15.3. The minimum absolute atomic E-state index is 0.0463. The number of fused-ring (bicyclic) bond motifs is 4. The molecule has 5 N–H and O–H groups in total. The van der Waals surface area contributed by atoms with Crippen molar-refractivity contribution in [3.05, 3.63) is 185 Å². The van der Waals surface area contributed by atoms with Crippen LogP contribution < -0.4 is 63.1 Å². The third-order valence-corrected chi connectivity index (χ3v) is 14.7. The van der Waals surface area contributed by atoms with Crippen molar-refractivity contribution in [3.63, 3.8) is 0 Å². The largest absolute Gasteiger partial charge is 0.497 e. The van der Waals surface area contributed by atoms with Gasteiger partial charge in [-0.05, 0) is 100 Å². The van der Waals surface area contributed by atoms with Gasteiger partial charge in [0.2, 0.25) is 0 Å². The average Bonchev–Trinajstić information content (AvgIpc) is 2.88. The van der Waals surface area contributed by atoms with Gasteiger partial charge in [0, 0.05) is 101 Å². The Kier molecular flexibility index (Phi) is 20.0. The van der Waals surface area contributed by atoms with E-state index in [2.05, 4.69) is 76.6 Å². The van der Waals surface area contributed by atoms with Crippen LogP contribution in [0.1, 0.15) is 35.1 Å². The Morgan fingerprint density at radius 2 is 0.965 bits per heavy atom. The average molecular weight is 1150 g/mol. The van der Waals surface area contributed by atoms with E-state index in [0.29, 0.717) is 98.5 Å². The molecule has 1 fully saturated rings. The van der Waals surface area contributed by atoms with Crippen LogP contribution in [-0.4, -0.2) is 91.0 Å². The van der Waals surface area contributed by atoms with E-state index in [1.807, 2.05) is 62.4 Å². The first-order valence-corrected chi connectivity index (χ1v) is 27.3. The van der Waals surface area contributed by atoms with Crippen LogP contribution in [0.3, 0.4) is 0 Å². The summed E-state index contributed by atoms with van der Waals surface area (Å²) in [7, 11) is 19.6. The molecule has 5 heterocycles. The molecular formula is C64H69BN10O10. The summed E-state index contributed by atoms with van der Waals surface area (Å²) in [6.45, 7) is 4.35. The first-order chi connectivity index (χ1) is 41.1. The number of ether oxygens (including phenoxy) is 5. The van der Waals surface area contributed by atoms with Crippen LogP contribution in [0.15, 0.2) is 141 Å². The van der Waals surface area contributed by atoms with Crippen molar-refractivity contribution in [1.82, 2.24) is 33.6 Å². The summed E-state index contributed by atoms with van der Waals surface area (Å²) < 4.78 is 31.9. The SMILES string of the molecule is C=O.CNCc1c(NCc2ccc3ccccc3c2)nc2c(c1-c1cc(OC)cc(OC)c1)c(=O)n(C)c(=O)n2C.COc1cc(OC)cc(-c2c(CN)c(NCc3ccc4ccccc4c3)nc3c2c(=O)n(C)c(=O)n3C)c1.[B]C1CCCO1. The smallest absolute Gasteiger partial charge is 0.332 e. The number of aromatic nitrogens is 6. The van der Waals surface area contributed by atoms with Crippen molar-refractivity contribution in [2.24, 2.45) is 33.9 Å². The van der Waals surface area contributed by atoms with Gasteiger partial charge in [-0.1, -0.05) is 72.8 Å². The lowest BCUT2D eigenvalue weighted by Crippen LogP contribution is -2.38. The number of benzene rings is 6. The lowest BCUT2D eigenvalue weighted by atomic mass is 9.96. The number of carbonyl (C=O) groups excluding carboxylic acids is 1. The van der Waals surface area contributed by atoms with Crippen LogP contribution in [0.2, 0.25) is 0 Å². The van der Waals surface area contributed by atoms with Gasteiger partial charge in [0.25, 0.3) is 11.1 Å². The van der Waals surface area contributed by atoms with Crippen molar-refractivity contribution in [2.75, 3.05) is 52.7 Å². The molecule has 0 amide bonds. The zero-order valence-electron chi connectivity index (χ0n) is 49.2. The molecule has 0 saturated carbocycles. The molecule has 85 heavy (non-hydrogen) atoms. The van der Waals surface area contributed by atoms with Crippen molar-refractivity contribution in [1.29, 1.82) is 0 Å². The molecule has 1 aliphatic rings. The summed E-state index contributed by atoms with van der Waals surface area (Å²) in [6, 6.07) is 39.8. The van der Waals surface area contributed by atoms with Gasteiger partial charge in [-0.3, -0.25) is 27.9 Å². The molecule has 0 aliphatic carbocycles. The zero-order chi connectivity index (χ0) is 61.1. The maximum Gasteiger partial charge on any atom is 0.332 e. The topological polar surface area (TPSA) is 239 Å². The molecule has 1 aliphatic heterocycles. The molecule has 1 saturated heterocycles. The molecule has 21 heteroatoms. The van der Waals surface area contributed by atoms with Crippen molar-refractivity contribution < 1.29 is 28.5 Å². The standard InChI is InChI=1S/C30H31N5O4.C29H29N5O4.C4H7BO.CH2O/c1-31-17-24-25(21-13-22(38-4)15-23(14-21)39-5)26-28(34(2)30(37)35(3)29(26)36)33-27(24)32-16-18-10-11-19-8-6-7-9-20(19)12-18;1-33-27-25(28(35)34(2)29(33)36)24(20-12-21(37-3)14-22(13-20)38-4)23(15-30)26(32-27)31-16-17-9-10-18-7-5-6-8-19(18)11-17;5-4-2-1-3-6-4;1-2/h6-15,31H,16-17H2,1-5H3,(H,32,33);5-14H,15-16,30H2,1-4H3,(H,31,32);4H,1-3H2;1H2. The predicted octanol–water partition coefficient (Wildman–Crippen LogP) is 7.45. The van der Waals surface area contributed by atoms with Gasteiger partial charge in [-0.15, -0.1) is 0 Å². The molecule has 11 rings (SSSR count). The van der Waals surface area contributed by atoms with Crippen LogP contribution in [0.5, 0.6) is 23.0 Å². The first-order valence-electron chi connectivity index (χ1n) is 27.3. The molecule has 1 unspecified atom stereocenters. The van der Waals surface area contributed by atoms with E-state index >= 15 is 0 Å². The maximum atomic E-state index is 13.6.